The maximum atomic E-state index is 12.6. The molecule has 0 saturated carbocycles. The fourth-order valence-corrected chi connectivity index (χ4v) is 4.95. The first-order valence-corrected chi connectivity index (χ1v) is 14.1. The molecule has 2 heterocycles. The van der Waals surface area contributed by atoms with Crippen LogP contribution in [0.15, 0.2) is 89.6 Å². The van der Waals surface area contributed by atoms with Crippen molar-refractivity contribution in [1.82, 2.24) is 14.9 Å². The number of aromatic nitrogens is 2. The van der Waals surface area contributed by atoms with E-state index in [-0.39, 0.29) is 6.03 Å². The molecule has 5 aromatic rings. The Morgan fingerprint density at radius 3 is 2.39 bits per heavy atom. The minimum absolute atomic E-state index is 0.279. The molecule has 0 fully saturated rings. The minimum Gasteiger partial charge on any atom is -0.436 e. The molecule has 5 rings (SSSR count). The van der Waals surface area contributed by atoms with Crippen molar-refractivity contribution in [3.05, 3.63) is 101 Å². The monoisotopic (exact) mass is 568 g/mol. The fraction of sp³-hybridized carbons (Fsp3) is 0.219. The number of furan rings is 1. The number of amides is 2. The van der Waals surface area contributed by atoms with Crippen molar-refractivity contribution in [3.8, 4) is 11.3 Å². The van der Waals surface area contributed by atoms with Gasteiger partial charge in [-0.2, -0.15) is 0 Å². The Bertz CT molecular complexity index is 1600. The van der Waals surface area contributed by atoms with Crippen molar-refractivity contribution in [2.75, 3.05) is 35.6 Å². The largest absolute Gasteiger partial charge is 0.436 e. The van der Waals surface area contributed by atoms with Crippen molar-refractivity contribution in [3.63, 3.8) is 0 Å². The third kappa shape index (κ3) is 7.03. The van der Waals surface area contributed by atoms with Crippen molar-refractivity contribution in [2.45, 2.75) is 26.8 Å². The van der Waals surface area contributed by atoms with Crippen molar-refractivity contribution < 1.29 is 9.21 Å². The van der Waals surface area contributed by atoms with E-state index in [2.05, 4.69) is 50.7 Å². The van der Waals surface area contributed by atoms with Gasteiger partial charge < -0.3 is 20.4 Å². The molecule has 0 aliphatic rings. The molecule has 41 heavy (non-hydrogen) atoms. The zero-order chi connectivity index (χ0) is 28.6. The van der Waals surface area contributed by atoms with Gasteiger partial charge in [-0.25, -0.2) is 14.8 Å². The number of hydrogen-bond acceptors (Lipinski definition) is 6. The molecule has 0 aliphatic heterocycles. The number of rotatable bonds is 11. The quantitative estimate of drug-likeness (QED) is 0.151. The van der Waals surface area contributed by atoms with Gasteiger partial charge >= 0.3 is 6.03 Å². The highest BCUT2D eigenvalue weighted by atomic mass is 35.5. The number of nitrogens with one attached hydrogen (secondary N) is 3. The van der Waals surface area contributed by atoms with Gasteiger partial charge in [-0.1, -0.05) is 80.0 Å². The maximum Gasteiger partial charge on any atom is 0.323 e. The first-order chi connectivity index (χ1) is 20.0. The Kier molecular flexibility index (Phi) is 9.13. The predicted molar refractivity (Wildman–Crippen MR) is 167 cm³/mol. The van der Waals surface area contributed by atoms with Crippen LogP contribution in [0.5, 0.6) is 0 Å². The number of halogens is 1. The van der Waals surface area contributed by atoms with Gasteiger partial charge in [0.25, 0.3) is 0 Å². The number of carbonyl (C=O) groups is 1. The van der Waals surface area contributed by atoms with Crippen LogP contribution in [0.1, 0.15) is 25.0 Å². The Balaban J connectivity index is 1.15. The number of anilines is 3. The lowest BCUT2D eigenvalue weighted by molar-refractivity contribution is 0.262. The van der Waals surface area contributed by atoms with Crippen LogP contribution in [0.4, 0.5) is 22.0 Å². The molecule has 0 unspecified atom stereocenters. The molecule has 3 N–H and O–H groups in total. The summed E-state index contributed by atoms with van der Waals surface area (Å²) in [4.78, 5) is 23.6. The lowest BCUT2D eigenvalue weighted by atomic mass is 10.1. The smallest absolute Gasteiger partial charge is 0.323 e. The van der Waals surface area contributed by atoms with E-state index in [0.717, 1.165) is 48.6 Å². The molecule has 9 heteroatoms. The molecule has 0 saturated heterocycles. The van der Waals surface area contributed by atoms with E-state index < -0.39 is 0 Å². The molecular weight excluding hydrogens is 536 g/mol. The zero-order valence-corrected chi connectivity index (χ0v) is 23.9. The van der Waals surface area contributed by atoms with E-state index in [1.807, 2.05) is 72.8 Å². The van der Waals surface area contributed by atoms with E-state index >= 15 is 0 Å². The van der Waals surface area contributed by atoms with Crippen LogP contribution in [-0.2, 0) is 13.0 Å². The van der Waals surface area contributed by atoms with Crippen molar-refractivity contribution in [2.24, 2.45) is 0 Å². The van der Waals surface area contributed by atoms with Gasteiger partial charge in [0.15, 0.2) is 5.76 Å². The summed E-state index contributed by atoms with van der Waals surface area (Å²) in [6, 6.07) is 25.2. The molecule has 0 spiro atoms. The van der Waals surface area contributed by atoms with Crippen LogP contribution >= 0.6 is 11.6 Å². The van der Waals surface area contributed by atoms with Gasteiger partial charge in [-0.15, -0.1) is 0 Å². The lowest BCUT2D eigenvalue weighted by Crippen LogP contribution is -2.22. The van der Waals surface area contributed by atoms with Crippen LogP contribution in [0.2, 0.25) is 5.02 Å². The number of hydrogen-bond donors (Lipinski definition) is 3. The average Bonchev–Trinajstić information content (AvgIpc) is 3.34. The highest BCUT2D eigenvalue weighted by molar-refractivity contribution is 6.38. The third-order valence-corrected chi connectivity index (χ3v) is 7.23. The number of urea groups is 1. The summed E-state index contributed by atoms with van der Waals surface area (Å²) < 4.78 is 5.94. The maximum absolute atomic E-state index is 12.6. The average molecular weight is 569 g/mol. The van der Waals surface area contributed by atoms with Gasteiger partial charge in [-0.05, 0) is 54.9 Å². The summed E-state index contributed by atoms with van der Waals surface area (Å²) in [5.41, 5.74) is 5.08. The van der Waals surface area contributed by atoms with Crippen LogP contribution in [0.25, 0.3) is 22.4 Å². The SMILES string of the molecule is CCN(CC)Cc1cccc(NC(=O)Nc2ccc(CCNc3ncnc4oc(-c5ccccc5)c(Cl)c34)cc2)c1. The number of carbonyl (C=O) groups excluding carboxylic acids is 1. The number of benzene rings is 3. The third-order valence-electron chi connectivity index (χ3n) is 6.87. The fourth-order valence-electron chi connectivity index (χ4n) is 4.64. The second-order valence-corrected chi connectivity index (χ2v) is 10.0. The van der Waals surface area contributed by atoms with Gasteiger partial charge in [0.05, 0.1) is 0 Å². The van der Waals surface area contributed by atoms with Crippen molar-refractivity contribution >= 4 is 45.9 Å². The molecule has 210 valence electrons. The predicted octanol–water partition coefficient (Wildman–Crippen LogP) is 7.68. The summed E-state index contributed by atoms with van der Waals surface area (Å²) in [7, 11) is 0. The summed E-state index contributed by atoms with van der Waals surface area (Å²) in [5, 5.41) is 10.3. The normalized spacial score (nSPS) is 11.1. The lowest BCUT2D eigenvalue weighted by Gasteiger charge is -2.18. The first-order valence-electron chi connectivity index (χ1n) is 13.7. The first kappa shape index (κ1) is 28.1. The van der Waals surface area contributed by atoms with E-state index in [1.54, 1.807) is 0 Å². The molecule has 8 nitrogen and oxygen atoms in total. The molecule has 0 atom stereocenters. The van der Waals surface area contributed by atoms with E-state index in [9.17, 15) is 4.79 Å². The standard InChI is InChI=1S/C32H33ClN6O2/c1-3-39(4-2)20-23-9-8-12-26(19-23)38-32(40)37-25-15-13-22(14-16-25)17-18-34-30-27-28(33)29(24-10-6-5-7-11-24)41-31(27)36-21-35-30/h5-16,19,21H,3-4,17-18,20H2,1-2H3,(H,34,35,36)(H2,37,38,40). The van der Waals surface area contributed by atoms with Crippen LogP contribution in [0, 0.1) is 0 Å². The van der Waals surface area contributed by atoms with Crippen LogP contribution in [0.3, 0.4) is 0 Å². The highest BCUT2D eigenvalue weighted by Crippen LogP contribution is 2.39. The summed E-state index contributed by atoms with van der Waals surface area (Å²) in [6.07, 6.45) is 2.21. The number of fused-ring (bicyclic) bond motifs is 1. The summed E-state index contributed by atoms with van der Waals surface area (Å²) in [5.74, 6) is 1.20. The van der Waals surface area contributed by atoms with Gasteiger partial charge in [-0.3, -0.25) is 4.90 Å². The molecule has 0 aliphatic carbocycles. The van der Waals surface area contributed by atoms with Crippen LogP contribution < -0.4 is 16.0 Å². The Morgan fingerprint density at radius 1 is 0.878 bits per heavy atom. The highest BCUT2D eigenvalue weighted by Gasteiger charge is 2.19. The Morgan fingerprint density at radius 2 is 1.63 bits per heavy atom. The van der Waals surface area contributed by atoms with Crippen molar-refractivity contribution in [1.29, 1.82) is 0 Å². The second kappa shape index (κ2) is 13.3. The molecular formula is C32H33ClN6O2. The van der Waals surface area contributed by atoms with Gasteiger partial charge in [0.1, 0.15) is 22.6 Å². The minimum atomic E-state index is -0.279. The topological polar surface area (TPSA) is 95.3 Å². The second-order valence-electron chi connectivity index (χ2n) is 9.63. The summed E-state index contributed by atoms with van der Waals surface area (Å²) in [6.45, 7) is 7.75. The van der Waals surface area contributed by atoms with E-state index in [1.165, 1.54) is 11.9 Å². The van der Waals surface area contributed by atoms with Gasteiger partial charge in [0, 0.05) is 30.0 Å². The zero-order valence-electron chi connectivity index (χ0n) is 23.2. The summed E-state index contributed by atoms with van der Waals surface area (Å²) >= 11 is 6.69. The number of nitrogens with zero attached hydrogens (tertiary/aromatic N) is 3. The van der Waals surface area contributed by atoms with Gasteiger partial charge in [0.2, 0.25) is 5.71 Å². The Labute approximate surface area is 244 Å². The molecule has 3 aromatic carbocycles. The Hall–Kier alpha value is -4.40. The molecule has 0 radical (unpaired) electrons. The molecule has 2 amide bonds. The molecule has 2 aromatic heterocycles. The molecule has 0 bridgehead atoms. The van der Waals surface area contributed by atoms with E-state index in [4.69, 9.17) is 16.0 Å². The van der Waals surface area contributed by atoms with Crippen LogP contribution in [-0.4, -0.2) is 40.5 Å². The van der Waals surface area contributed by atoms with E-state index in [0.29, 0.717) is 34.2 Å².